The molecule has 0 spiro atoms. The van der Waals surface area contributed by atoms with Gasteiger partial charge in [0.2, 0.25) is 5.56 Å². The monoisotopic (exact) mass is 376 g/mol. The zero-order valence-corrected chi connectivity index (χ0v) is 16.3. The number of benzene rings is 1. The van der Waals surface area contributed by atoms with Crippen LogP contribution in [0.25, 0.3) is 0 Å². The fourth-order valence-electron chi connectivity index (χ4n) is 4.61. The van der Waals surface area contributed by atoms with Crippen molar-refractivity contribution in [2.75, 3.05) is 7.11 Å². The van der Waals surface area contributed by atoms with Crippen molar-refractivity contribution in [3.8, 4) is 11.5 Å². The number of aromatic hydroxyl groups is 1. The maximum Gasteiger partial charge on any atom is 0.248 e. The average Bonchev–Trinajstić information content (AvgIpc) is 2.66. The van der Waals surface area contributed by atoms with Gasteiger partial charge in [0.15, 0.2) is 11.5 Å². The van der Waals surface area contributed by atoms with E-state index in [9.17, 15) is 9.90 Å². The van der Waals surface area contributed by atoms with Gasteiger partial charge in [0.1, 0.15) is 5.54 Å². The standard InChI is InChI=1S/C23H24N2O3/c1-4-17-16-9-14(2)12-23(17,18-6-8-22(27)25-19(18)11-16)24-13-15-5-7-20(26)21(10-15)28-3/h4-10,13,16,26H,11-12H2,1-3H3,(H,25,27)/b17-4+,24-13?/t16-,23+/m0/s1. The lowest BCUT2D eigenvalue weighted by Crippen LogP contribution is -2.40. The first kappa shape index (κ1) is 18.3. The number of phenols is 1. The normalized spacial score (nSPS) is 24.9. The van der Waals surface area contributed by atoms with Crippen LogP contribution in [0.3, 0.4) is 0 Å². The third-order valence-corrected chi connectivity index (χ3v) is 5.72. The second-order valence-electron chi connectivity index (χ2n) is 7.51. The molecule has 2 N–H and O–H groups in total. The number of H-pyrrole nitrogens is 1. The van der Waals surface area contributed by atoms with Gasteiger partial charge in [0.25, 0.3) is 0 Å². The van der Waals surface area contributed by atoms with Crippen molar-refractivity contribution >= 4 is 6.21 Å². The number of allylic oxidation sites excluding steroid dienone is 2. The first-order valence-corrected chi connectivity index (χ1v) is 9.45. The molecule has 0 radical (unpaired) electrons. The quantitative estimate of drug-likeness (QED) is 0.631. The Hall–Kier alpha value is -3.08. The molecule has 1 aromatic carbocycles. The van der Waals surface area contributed by atoms with Gasteiger partial charge >= 0.3 is 0 Å². The van der Waals surface area contributed by atoms with E-state index in [0.717, 1.165) is 29.7 Å². The molecule has 4 rings (SSSR count). The second kappa shape index (κ2) is 6.82. The van der Waals surface area contributed by atoms with Crippen molar-refractivity contribution in [3.63, 3.8) is 0 Å². The van der Waals surface area contributed by atoms with E-state index in [1.807, 2.05) is 18.3 Å². The Morgan fingerprint density at radius 3 is 2.89 bits per heavy atom. The molecule has 2 bridgehead atoms. The highest BCUT2D eigenvalue weighted by molar-refractivity contribution is 5.82. The lowest BCUT2D eigenvalue weighted by Gasteiger charge is -2.45. The number of fused-ring (bicyclic) bond motifs is 4. The molecule has 144 valence electrons. The van der Waals surface area contributed by atoms with Crippen LogP contribution in [0.2, 0.25) is 0 Å². The summed E-state index contributed by atoms with van der Waals surface area (Å²) in [6, 6.07) is 8.69. The largest absolute Gasteiger partial charge is 0.504 e. The number of methoxy groups -OCH3 is 1. The molecule has 28 heavy (non-hydrogen) atoms. The maximum atomic E-state index is 11.9. The molecule has 0 amide bonds. The van der Waals surface area contributed by atoms with Crippen LogP contribution in [-0.2, 0) is 12.0 Å². The van der Waals surface area contributed by atoms with Crippen molar-refractivity contribution in [3.05, 3.63) is 80.8 Å². The summed E-state index contributed by atoms with van der Waals surface area (Å²) in [4.78, 5) is 20.0. The van der Waals surface area contributed by atoms with Crippen molar-refractivity contribution in [2.45, 2.75) is 32.2 Å². The first-order valence-electron chi connectivity index (χ1n) is 9.45. The summed E-state index contributed by atoms with van der Waals surface area (Å²) in [5.74, 6) is 0.749. The highest BCUT2D eigenvalue weighted by atomic mass is 16.5. The van der Waals surface area contributed by atoms with E-state index in [0.29, 0.717) is 5.75 Å². The number of aromatic amines is 1. The fourth-order valence-corrected chi connectivity index (χ4v) is 4.61. The second-order valence-corrected chi connectivity index (χ2v) is 7.51. The lowest BCUT2D eigenvalue weighted by atomic mass is 9.63. The molecule has 0 saturated heterocycles. The van der Waals surface area contributed by atoms with Crippen LogP contribution in [-0.4, -0.2) is 23.4 Å². The summed E-state index contributed by atoms with van der Waals surface area (Å²) < 4.78 is 5.21. The highest BCUT2D eigenvalue weighted by Gasteiger charge is 2.46. The van der Waals surface area contributed by atoms with E-state index in [1.165, 1.54) is 18.3 Å². The van der Waals surface area contributed by atoms with Crippen LogP contribution < -0.4 is 10.3 Å². The Balaban J connectivity index is 1.88. The fraction of sp³-hybridized carbons (Fsp3) is 0.304. The Labute approximate surface area is 164 Å². The van der Waals surface area contributed by atoms with Crippen LogP contribution in [0, 0.1) is 5.92 Å². The van der Waals surface area contributed by atoms with Gasteiger partial charge < -0.3 is 14.8 Å². The molecule has 0 fully saturated rings. The molecule has 0 aliphatic heterocycles. The van der Waals surface area contributed by atoms with Crippen LogP contribution in [0.4, 0.5) is 0 Å². The Bertz CT molecular complexity index is 1080. The number of aliphatic imine (C=N–C) groups is 1. The van der Waals surface area contributed by atoms with E-state index in [2.05, 4.69) is 31.0 Å². The lowest BCUT2D eigenvalue weighted by molar-refractivity contribution is 0.373. The summed E-state index contributed by atoms with van der Waals surface area (Å²) >= 11 is 0. The minimum absolute atomic E-state index is 0.0798. The number of nitrogens with zero attached hydrogens (tertiary/aromatic N) is 1. The average molecular weight is 376 g/mol. The van der Waals surface area contributed by atoms with Gasteiger partial charge in [0.05, 0.1) is 7.11 Å². The summed E-state index contributed by atoms with van der Waals surface area (Å²) in [5.41, 5.74) is 4.83. The third kappa shape index (κ3) is 2.87. The Morgan fingerprint density at radius 1 is 1.32 bits per heavy atom. The minimum Gasteiger partial charge on any atom is -0.504 e. The number of phenolic OH excluding ortho intramolecular Hbond substituents is 1. The van der Waals surface area contributed by atoms with Gasteiger partial charge in [-0.15, -0.1) is 0 Å². The predicted octanol–water partition coefficient (Wildman–Crippen LogP) is 3.87. The van der Waals surface area contributed by atoms with Crippen molar-refractivity contribution < 1.29 is 9.84 Å². The maximum absolute atomic E-state index is 11.9. The number of aromatic nitrogens is 1. The van der Waals surface area contributed by atoms with Gasteiger partial charge in [-0.05, 0) is 55.7 Å². The Morgan fingerprint density at radius 2 is 2.14 bits per heavy atom. The molecular weight excluding hydrogens is 352 g/mol. The van der Waals surface area contributed by atoms with Gasteiger partial charge in [-0.2, -0.15) is 0 Å². The van der Waals surface area contributed by atoms with Gasteiger partial charge in [0, 0.05) is 35.9 Å². The van der Waals surface area contributed by atoms with E-state index in [-0.39, 0.29) is 17.2 Å². The summed E-state index contributed by atoms with van der Waals surface area (Å²) in [6.07, 6.45) is 7.85. The number of rotatable bonds is 3. The van der Waals surface area contributed by atoms with Crippen LogP contribution in [0.15, 0.2) is 63.4 Å². The summed E-state index contributed by atoms with van der Waals surface area (Å²) in [6.45, 7) is 4.20. The predicted molar refractivity (Wildman–Crippen MR) is 110 cm³/mol. The molecule has 2 atom stereocenters. The van der Waals surface area contributed by atoms with Crippen molar-refractivity contribution in [2.24, 2.45) is 10.9 Å². The summed E-state index contributed by atoms with van der Waals surface area (Å²) in [5, 5.41) is 9.84. The van der Waals surface area contributed by atoms with Gasteiger partial charge in [-0.25, -0.2) is 0 Å². The zero-order chi connectivity index (χ0) is 19.9. The number of hydrogen-bond donors (Lipinski definition) is 2. The van der Waals surface area contributed by atoms with Crippen LogP contribution in [0.5, 0.6) is 11.5 Å². The third-order valence-electron chi connectivity index (χ3n) is 5.72. The molecule has 2 aliphatic rings. The SMILES string of the molecule is C/C=C1\[C@H]2C=C(C)C[C@]1(N=Cc1ccc(O)c(OC)c1)c1ccc(=O)[nH]c1C2. The molecular formula is C23H24N2O3. The smallest absolute Gasteiger partial charge is 0.248 e. The summed E-state index contributed by atoms with van der Waals surface area (Å²) in [7, 11) is 1.53. The molecule has 1 heterocycles. The molecule has 5 nitrogen and oxygen atoms in total. The number of hydrogen-bond acceptors (Lipinski definition) is 4. The molecule has 1 aromatic heterocycles. The number of ether oxygens (including phenoxy) is 1. The van der Waals surface area contributed by atoms with Crippen LogP contribution in [0.1, 0.15) is 37.1 Å². The first-order chi connectivity index (χ1) is 13.5. The minimum atomic E-state index is -0.527. The molecule has 2 aliphatic carbocycles. The highest BCUT2D eigenvalue weighted by Crippen LogP contribution is 2.51. The van der Waals surface area contributed by atoms with Crippen molar-refractivity contribution in [1.82, 2.24) is 4.98 Å². The van der Waals surface area contributed by atoms with Gasteiger partial charge in [-0.3, -0.25) is 9.79 Å². The Kier molecular flexibility index (Phi) is 4.46. The van der Waals surface area contributed by atoms with E-state index in [1.54, 1.807) is 18.2 Å². The molecule has 2 aromatic rings. The molecule has 0 unspecified atom stereocenters. The number of pyridine rings is 1. The molecule has 0 saturated carbocycles. The van der Waals surface area contributed by atoms with E-state index >= 15 is 0 Å². The zero-order valence-electron chi connectivity index (χ0n) is 16.3. The number of nitrogens with one attached hydrogen (secondary N) is 1. The molecule has 5 heteroatoms. The van der Waals surface area contributed by atoms with E-state index in [4.69, 9.17) is 9.73 Å². The topological polar surface area (TPSA) is 74.7 Å². The van der Waals surface area contributed by atoms with Crippen molar-refractivity contribution in [1.29, 1.82) is 0 Å². The van der Waals surface area contributed by atoms with E-state index < -0.39 is 5.54 Å². The van der Waals surface area contributed by atoms with Crippen LogP contribution >= 0.6 is 0 Å². The van der Waals surface area contributed by atoms with Gasteiger partial charge in [-0.1, -0.05) is 17.7 Å².